The van der Waals surface area contributed by atoms with Crippen molar-refractivity contribution in [3.63, 3.8) is 0 Å². The first kappa shape index (κ1) is 16.5. The molecule has 15 heavy (non-hydrogen) atoms. The van der Waals surface area contributed by atoms with Crippen molar-refractivity contribution in [2.24, 2.45) is 0 Å². The largest absolute Gasteiger partial charge is 0.394 e. The summed E-state index contributed by atoms with van der Waals surface area (Å²) in [4.78, 5) is 8.57. The zero-order valence-electron chi connectivity index (χ0n) is 9.95. The van der Waals surface area contributed by atoms with Crippen LogP contribution >= 0.6 is 0 Å². The number of rotatable bonds is 6. The van der Waals surface area contributed by atoms with Crippen molar-refractivity contribution < 1.29 is 14.6 Å². The lowest BCUT2D eigenvalue weighted by Crippen LogP contribution is -2.10. The Bertz CT molecular complexity index is 187. The molecule has 3 nitrogen and oxygen atoms in total. The maximum atomic E-state index is 8.57. The molecule has 3 heteroatoms. The molecule has 0 heterocycles. The summed E-state index contributed by atoms with van der Waals surface area (Å²) in [6.07, 6.45) is 4.56. The van der Waals surface area contributed by atoms with Gasteiger partial charge in [-0.1, -0.05) is 11.6 Å². The SMILES string of the molecule is C=C=O.CC(C)=CCCC(C)OCCO. The molecule has 0 radical (unpaired) electrons. The van der Waals surface area contributed by atoms with Crippen LogP contribution < -0.4 is 0 Å². The summed E-state index contributed by atoms with van der Waals surface area (Å²) in [7, 11) is 0. The quantitative estimate of drug-likeness (QED) is 0.544. The van der Waals surface area contributed by atoms with Gasteiger partial charge in [-0.25, -0.2) is 4.79 Å². The maximum Gasteiger partial charge on any atom is 0.116 e. The number of aliphatic hydroxyl groups excluding tert-OH is 1. The highest BCUT2D eigenvalue weighted by Crippen LogP contribution is 2.03. The lowest BCUT2D eigenvalue weighted by atomic mass is 10.2. The van der Waals surface area contributed by atoms with Crippen LogP contribution in [0.5, 0.6) is 0 Å². The van der Waals surface area contributed by atoms with E-state index in [9.17, 15) is 0 Å². The molecule has 0 bridgehead atoms. The van der Waals surface area contributed by atoms with Gasteiger partial charge >= 0.3 is 0 Å². The van der Waals surface area contributed by atoms with E-state index in [1.54, 1.807) is 0 Å². The minimum absolute atomic E-state index is 0.118. The van der Waals surface area contributed by atoms with Crippen LogP contribution in [-0.4, -0.2) is 30.4 Å². The van der Waals surface area contributed by atoms with Crippen molar-refractivity contribution >= 4 is 5.94 Å². The molecule has 0 saturated heterocycles. The van der Waals surface area contributed by atoms with E-state index in [2.05, 4.69) is 26.5 Å². The standard InChI is InChI=1S/C10H20O2.C2H2O/c1-9(2)5-4-6-10(3)12-8-7-11;1-2-3/h5,10-11H,4,6-8H2,1-3H3;1H2. The third kappa shape index (κ3) is 19.5. The average molecular weight is 214 g/mol. The van der Waals surface area contributed by atoms with Gasteiger partial charge in [0.15, 0.2) is 0 Å². The number of hydrogen-bond donors (Lipinski definition) is 1. The molecule has 0 aliphatic heterocycles. The van der Waals surface area contributed by atoms with Crippen LogP contribution in [0.15, 0.2) is 18.2 Å². The highest BCUT2D eigenvalue weighted by atomic mass is 16.5. The summed E-state index contributed by atoms with van der Waals surface area (Å²) < 4.78 is 5.29. The number of allylic oxidation sites excluding steroid dienone is 2. The number of aliphatic hydroxyl groups is 1. The fourth-order valence-electron chi connectivity index (χ4n) is 0.944. The van der Waals surface area contributed by atoms with Gasteiger partial charge in [0.25, 0.3) is 0 Å². The molecule has 0 spiro atoms. The molecule has 0 aliphatic rings. The smallest absolute Gasteiger partial charge is 0.116 e. The third-order valence-electron chi connectivity index (χ3n) is 1.62. The molecule has 0 amide bonds. The van der Waals surface area contributed by atoms with Crippen LogP contribution in [0, 0.1) is 0 Å². The monoisotopic (exact) mass is 214 g/mol. The second-order valence-corrected chi connectivity index (χ2v) is 3.41. The van der Waals surface area contributed by atoms with E-state index in [-0.39, 0.29) is 12.7 Å². The summed E-state index contributed by atoms with van der Waals surface area (Å²) in [5.74, 6) is 1.25. The Kier molecular flexibility index (Phi) is 14.5. The summed E-state index contributed by atoms with van der Waals surface area (Å²) in [5.41, 5.74) is 1.35. The molecule has 0 aromatic heterocycles. The van der Waals surface area contributed by atoms with Gasteiger partial charge in [0.2, 0.25) is 0 Å². The van der Waals surface area contributed by atoms with Crippen molar-refractivity contribution in [3.8, 4) is 0 Å². The highest BCUT2D eigenvalue weighted by Gasteiger charge is 1.98. The van der Waals surface area contributed by atoms with Crippen molar-refractivity contribution in [1.82, 2.24) is 0 Å². The zero-order valence-corrected chi connectivity index (χ0v) is 9.95. The molecular formula is C12H22O3. The van der Waals surface area contributed by atoms with Crippen LogP contribution in [0.2, 0.25) is 0 Å². The van der Waals surface area contributed by atoms with Crippen LogP contribution in [0.4, 0.5) is 0 Å². The average Bonchev–Trinajstić information content (AvgIpc) is 2.15. The normalized spacial score (nSPS) is 10.7. The first-order valence-electron chi connectivity index (χ1n) is 5.08. The van der Waals surface area contributed by atoms with Crippen molar-refractivity contribution in [2.45, 2.75) is 39.7 Å². The van der Waals surface area contributed by atoms with E-state index >= 15 is 0 Å². The second kappa shape index (κ2) is 13.1. The topological polar surface area (TPSA) is 46.5 Å². The highest BCUT2D eigenvalue weighted by molar-refractivity contribution is 5.38. The van der Waals surface area contributed by atoms with Gasteiger partial charge in [-0.15, -0.1) is 0 Å². The number of carbonyl (C=O) groups excluding carboxylic acids is 1. The second-order valence-electron chi connectivity index (χ2n) is 3.41. The molecule has 1 N–H and O–H groups in total. The Balaban J connectivity index is 0. The molecule has 0 saturated carbocycles. The predicted molar refractivity (Wildman–Crippen MR) is 62.5 cm³/mol. The minimum atomic E-state index is 0.118. The van der Waals surface area contributed by atoms with Crippen LogP contribution in [0.1, 0.15) is 33.6 Å². The predicted octanol–water partition coefficient (Wildman–Crippen LogP) is 2.13. The lowest BCUT2D eigenvalue weighted by Gasteiger charge is -2.10. The molecule has 0 aromatic rings. The first-order chi connectivity index (χ1) is 7.08. The van der Waals surface area contributed by atoms with Crippen LogP contribution in [-0.2, 0) is 9.53 Å². The van der Waals surface area contributed by atoms with Gasteiger partial charge in [0.05, 0.1) is 19.3 Å². The number of hydrogen-bond acceptors (Lipinski definition) is 3. The van der Waals surface area contributed by atoms with Gasteiger partial charge in [0, 0.05) is 0 Å². The Morgan fingerprint density at radius 1 is 1.60 bits per heavy atom. The maximum absolute atomic E-state index is 8.57. The van der Waals surface area contributed by atoms with Gasteiger partial charge in [0.1, 0.15) is 5.94 Å². The van der Waals surface area contributed by atoms with Crippen molar-refractivity contribution in [1.29, 1.82) is 0 Å². The van der Waals surface area contributed by atoms with E-state index in [1.165, 1.54) is 11.5 Å². The van der Waals surface area contributed by atoms with E-state index < -0.39 is 0 Å². The Hall–Kier alpha value is -0.890. The van der Waals surface area contributed by atoms with E-state index in [1.807, 2.05) is 6.92 Å². The fraction of sp³-hybridized carbons (Fsp3) is 0.667. The first-order valence-corrected chi connectivity index (χ1v) is 5.08. The van der Waals surface area contributed by atoms with Crippen molar-refractivity contribution in [2.75, 3.05) is 13.2 Å². The Morgan fingerprint density at radius 3 is 2.53 bits per heavy atom. The van der Waals surface area contributed by atoms with Crippen molar-refractivity contribution in [3.05, 3.63) is 18.2 Å². The summed E-state index contributed by atoms with van der Waals surface area (Å²) >= 11 is 0. The number of ether oxygens (including phenoxy) is 1. The van der Waals surface area contributed by atoms with Crippen LogP contribution in [0.3, 0.4) is 0 Å². The van der Waals surface area contributed by atoms with Gasteiger partial charge in [-0.05, 0) is 40.2 Å². The lowest BCUT2D eigenvalue weighted by molar-refractivity contribution is 0.0353. The minimum Gasteiger partial charge on any atom is -0.394 e. The molecule has 0 rings (SSSR count). The molecule has 0 aliphatic carbocycles. The Morgan fingerprint density at radius 2 is 2.13 bits per heavy atom. The molecule has 1 unspecified atom stereocenters. The summed E-state index contributed by atoms with van der Waals surface area (Å²) in [6, 6.07) is 0. The van der Waals surface area contributed by atoms with Gasteiger partial charge in [-0.3, -0.25) is 0 Å². The van der Waals surface area contributed by atoms with Gasteiger partial charge < -0.3 is 9.84 Å². The third-order valence-corrected chi connectivity index (χ3v) is 1.62. The van der Waals surface area contributed by atoms with E-state index in [0.29, 0.717) is 6.61 Å². The van der Waals surface area contributed by atoms with E-state index in [0.717, 1.165) is 12.8 Å². The molecule has 0 aromatic carbocycles. The van der Waals surface area contributed by atoms with Gasteiger partial charge in [-0.2, -0.15) is 0 Å². The molecule has 0 fully saturated rings. The fourth-order valence-corrected chi connectivity index (χ4v) is 0.944. The van der Waals surface area contributed by atoms with E-state index in [4.69, 9.17) is 14.6 Å². The molecular weight excluding hydrogens is 192 g/mol. The molecule has 88 valence electrons. The Labute approximate surface area is 92.4 Å². The summed E-state index contributed by atoms with van der Waals surface area (Å²) in [6.45, 7) is 9.48. The summed E-state index contributed by atoms with van der Waals surface area (Å²) in [5, 5.41) is 8.49. The van der Waals surface area contributed by atoms with Crippen LogP contribution in [0.25, 0.3) is 0 Å². The zero-order chi connectivity index (χ0) is 12.1. The molecule has 1 atom stereocenters.